The first-order chi connectivity index (χ1) is 8.28. The van der Waals surface area contributed by atoms with E-state index in [1.165, 1.54) is 0 Å². The number of anilines is 1. The normalized spacial score (nSPS) is 26.9. The third-order valence-corrected chi connectivity index (χ3v) is 3.80. The Hall–Kier alpha value is -1.24. The number of hydrogen-bond donors (Lipinski definition) is 0. The van der Waals surface area contributed by atoms with Crippen molar-refractivity contribution >= 4 is 17.3 Å². The Balaban J connectivity index is 1.94. The van der Waals surface area contributed by atoms with E-state index >= 15 is 0 Å². The highest BCUT2D eigenvalue weighted by molar-refractivity contribution is 6.32. The Morgan fingerprint density at radius 3 is 2.65 bits per heavy atom. The van der Waals surface area contributed by atoms with Crippen molar-refractivity contribution in [3.63, 3.8) is 0 Å². The molecule has 17 heavy (non-hydrogen) atoms. The van der Waals surface area contributed by atoms with Gasteiger partial charge in [-0.3, -0.25) is 0 Å². The summed E-state index contributed by atoms with van der Waals surface area (Å²) in [6, 6.07) is 7.83. The third-order valence-electron chi connectivity index (χ3n) is 3.49. The number of halogens is 1. The lowest BCUT2D eigenvalue weighted by Crippen LogP contribution is -2.43. The van der Waals surface area contributed by atoms with Gasteiger partial charge in [0.25, 0.3) is 0 Å². The van der Waals surface area contributed by atoms with Gasteiger partial charge in [0.05, 0.1) is 28.5 Å². The second kappa shape index (κ2) is 4.21. The lowest BCUT2D eigenvalue weighted by molar-refractivity contribution is 0.0305. The molecule has 2 bridgehead atoms. The SMILES string of the molecule is N#Cc1c(Cl)cccc1N1CC2CCC(C1)O2. The smallest absolute Gasteiger partial charge is 0.103 e. The van der Waals surface area contributed by atoms with Crippen LogP contribution in [0.2, 0.25) is 5.02 Å². The highest BCUT2D eigenvalue weighted by Crippen LogP contribution is 2.33. The van der Waals surface area contributed by atoms with Gasteiger partial charge in [-0.15, -0.1) is 0 Å². The lowest BCUT2D eigenvalue weighted by atomic mass is 10.1. The van der Waals surface area contributed by atoms with Crippen LogP contribution < -0.4 is 4.90 Å². The number of hydrogen-bond acceptors (Lipinski definition) is 3. The molecule has 2 fully saturated rings. The number of ether oxygens (including phenoxy) is 1. The summed E-state index contributed by atoms with van der Waals surface area (Å²) in [5, 5.41) is 9.72. The van der Waals surface area contributed by atoms with Gasteiger partial charge in [0.2, 0.25) is 0 Å². The molecule has 2 heterocycles. The van der Waals surface area contributed by atoms with Crippen LogP contribution in [0.5, 0.6) is 0 Å². The summed E-state index contributed by atoms with van der Waals surface area (Å²) in [7, 11) is 0. The minimum Gasteiger partial charge on any atom is -0.371 e. The minimum absolute atomic E-state index is 0.319. The standard InChI is InChI=1S/C13H13ClN2O/c14-12-2-1-3-13(11(12)6-15)16-7-9-4-5-10(8-16)17-9/h1-3,9-10H,4-5,7-8H2. The zero-order chi connectivity index (χ0) is 11.8. The molecule has 2 saturated heterocycles. The molecule has 88 valence electrons. The van der Waals surface area contributed by atoms with E-state index in [1.54, 1.807) is 6.07 Å². The van der Waals surface area contributed by atoms with E-state index in [2.05, 4.69) is 11.0 Å². The molecule has 0 saturated carbocycles. The molecule has 1 aromatic rings. The first-order valence-corrected chi connectivity index (χ1v) is 6.25. The third kappa shape index (κ3) is 1.88. The van der Waals surface area contributed by atoms with E-state index < -0.39 is 0 Å². The van der Waals surface area contributed by atoms with Crippen LogP contribution in [0.3, 0.4) is 0 Å². The summed E-state index contributed by atoms with van der Waals surface area (Å²) in [4.78, 5) is 2.23. The number of benzene rings is 1. The summed E-state index contributed by atoms with van der Waals surface area (Å²) < 4.78 is 5.80. The zero-order valence-electron chi connectivity index (χ0n) is 9.40. The van der Waals surface area contributed by atoms with E-state index in [-0.39, 0.29) is 0 Å². The predicted molar refractivity (Wildman–Crippen MR) is 66.3 cm³/mol. The van der Waals surface area contributed by atoms with Gasteiger partial charge in [0.15, 0.2) is 0 Å². The molecule has 2 aliphatic heterocycles. The molecule has 3 rings (SSSR count). The fraction of sp³-hybridized carbons (Fsp3) is 0.462. The van der Waals surface area contributed by atoms with Gasteiger partial charge in [-0.05, 0) is 25.0 Å². The quantitative estimate of drug-likeness (QED) is 0.767. The molecule has 0 N–H and O–H groups in total. The van der Waals surface area contributed by atoms with Crippen molar-refractivity contribution < 1.29 is 4.74 Å². The van der Waals surface area contributed by atoms with E-state index in [0.717, 1.165) is 31.6 Å². The molecule has 1 aromatic carbocycles. The average molecular weight is 249 g/mol. The molecule has 4 heteroatoms. The highest BCUT2D eigenvalue weighted by Gasteiger charge is 2.34. The fourth-order valence-corrected chi connectivity index (χ4v) is 2.91. The first-order valence-electron chi connectivity index (χ1n) is 5.87. The minimum atomic E-state index is 0.319. The highest BCUT2D eigenvalue weighted by atomic mass is 35.5. The molecule has 0 aromatic heterocycles. The van der Waals surface area contributed by atoms with Crippen molar-refractivity contribution in [1.29, 1.82) is 5.26 Å². The molecule has 0 aliphatic carbocycles. The van der Waals surface area contributed by atoms with Crippen LogP contribution >= 0.6 is 11.6 Å². The van der Waals surface area contributed by atoms with Crippen LogP contribution in [0.1, 0.15) is 18.4 Å². The molecule has 3 nitrogen and oxygen atoms in total. The van der Waals surface area contributed by atoms with Gasteiger partial charge in [0.1, 0.15) is 6.07 Å². The summed E-state index contributed by atoms with van der Waals surface area (Å²) >= 11 is 6.06. The van der Waals surface area contributed by atoms with Crippen molar-refractivity contribution in [1.82, 2.24) is 0 Å². The van der Waals surface area contributed by atoms with E-state index in [0.29, 0.717) is 22.8 Å². The van der Waals surface area contributed by atoms with Crippen molar-refractivity contribution in [2.75, 3.05) is 18.0 Å². The Morgan fingerprint density at radius 1 is 1.29 bits per heavy atom. The van der Waals surface area contributed by atoms with Crippen molar-refractivity contribution in [2.45, 2.75) is 25.0 Å². The topological polar surface area (TPSA) is 36.3 Å². The molecular weight excluding hydrogens is 236 g/mol. The molecule has 0 radical (unpaired) electrons. The number of fused-ring (bicyclic) bond motifs is 2. The van der Waals surface area contributed by atoms with Crippen LogP contribution in [0.4, 0.5) is 5.69 Å². The van der Waals surface area contributed by atoms with Crippen LogP contribution in [0.15, 0.2) is 18.2 Å². The van der Waals surface area contributed by atoms with Gasteiger partial charge in [-0.1, -0.05) is 17.7 Å². The zero-order valence-corrected chi connectivity index (χ0v) is 10.2. The fourth-order valence-electron chi connectivity index (χ4n) is 2.70. The second-order valence-corrected chi connectivity index (χ2v) is 5.02. The molecular formula is C13H13ClN2O. The predicted octanol–water partition coefficient (Wildman–Crippen LogP) is 2.58. The van der Waals surface area contributed by atoms with Crippen LogP contribution in [0, 0.1) is 11.3 Å². The monoisotopic (exact) mass is 248 g/mol. The van der Waals surface area contributed by atoms with E-state index in [9.17, 15) is 5.26 Å². The average Bonchev–Trinajstić information content (AvgIpc) is 2.68. The maximum absolute atomic E-state index is 9.18. The van der Waals surface area contributed by atoms with Gasteiger partial charge < -0.3 is 9.64 Å². The van der Waals surface area contributed by atoms with Gasteiger partial charge >= 0.3 is 0 Å². The van der Waals surface area contributed by atoms with Gasteiger partial charge in [-0.25, -0.2) is 0 Å². The van der Waals surface area contributed by atoms with Gasteiger partial charge in [-0.2, -0.15) is 5.26 Å². The van der Waals surface area contributed by atoms with Crippen molar-refractivity contribution in [3.8, 4) is 6.07 Å². The Kier molecular flexibility index (Phi) is 2.70. The first kappa shape index (κ1) is 10.9. The van der Waals surface area contributed by atoms with Crippen LogP contribution in [-0.2, 0) is 4.74 Å². The number of nitrogens with zero attached hydrogens (tertiary/aromatic N) is 2. The number of morpholine rings is 1. The van der Waals surface area contributed by atoms with Gasteiger partial charge in [0, 0.05) is 13.1 Å². The Morgan fingerprint density at radius 2 is 2.00 bits per heavy atom. The second-order valence-electron chi connectivity index (χ2n) is 4.61. The van der Waals surface area contributed by atoms with E-state index in [4.69, 9.17) is 16.3 Å². The summed E-state index contributed by atoms with van der Waals surface area (Å²) in [5.41, 5.74) is 1.52. The molecule has 0 spiro atoms. The lowest BCUT2D eigenvalue weighted by Gasteiger charge is -2.34. The Labute approximate surface area is 106 Å². The summed E-state index contributed by atoms with van der Waals surface area (Å²) in [5.74, 6) is 0. The molecule has 0 amide bonds. The number of rotatable bonds is 1. The molecule has 2 aliphatic rings. The maximum atomic E-state index is 9.18. The largest absolute Gasteiger partial charge is 0.371 e. The summed E-state index contributed by atoms with van der Waals surface area (Å²) in [6.45, 7) is 1.73. The Bertz CT molecular complexity index is 471. The van der Waals surface area contributed by atoms with Crippen LogP contribution in [0.25, 0.3) is 0 Å². The van der Waals surface area contributed by atoms with E-state index in [1.807, 2.05) is 12.1 Å². The van der Waals surface area contributed by atoms with Crippen molar-refractivity contribution in [3.05, 3.63) is 28.8 Å². The van der Waals surface area contributed by atoms with Crippen molar-refractivity contribution in [2.24, 2.45) is 0 Å². The molecule has 2 atom stereocenters. The number of nitriles is 1. The van der Waals surface area contributed by atoms with Crippen LogP contribution in [-0.4, -0.2) is 25.3 Å². The summed E-state index contributed by atoms with van der Waals surface area (Å²) in [6.07, 6.45) is 2.89. The molecule has 2 unspecified atom stereocenters. The maximum Gasteiger partial charge on any atom is 0.103 e.